The SMILES string of the molecule is CC.CC.Cc1ccc(NC(=O)c2ccccc2C(F)(F)F)cc1. The molecule has 0 radical (unpaired) electrons. The Morgan fingerprint density at radius 3 is 1.88 bits per heavy atom. The number of alkyl halides is 3. The first kappa shape index (κ1) is 21.7. The molecule has 0 aliphatic carbocycles. The molecule has 0 saturated carbocycles. The molecule has 0 spiro atoms. The maximum Gasteiger partial charge on any atom is 0.417 e. The lowest BCUT2D eigenvalue weighted by Gasteiger charge is -2.12. The minimum absolute atomic E-state index is 0.388. The summed E-state index contributed by atoms with van der Waals surface area (Å²) in [5, 5.41) is 2.46. The normalized spacial score (nSPS) is 9.83. The Morgan fingerprint density at radius 2 is 1.38 bits per heavy atom. The van der Waals surface area contributed by atoms with Crippen LogP contribution in [0.2, 0.25) is 0 Å². The summed E-state index contributed by atoms with van der Waals surface area (Å²) in [7, 11) is 0. The van der Waals surface area contributed by atoms with Crippen molar-refractivity contribution < 1.29 is 18.0 Å². The topological polar surface area (TPSA) is 29.1 Å². The van der Waals surface area contributed by atoms with Crippen molar-refractivity contribution in [3.63, 3.8) is 0 Å². The molecule has 0 saturated heterocycles. The largest absolute Gasteiger partial charge is 0.417 e. The van der Waals surface area contributed by atoms with E-state index >= 15 is 0 Å². The summed E-state index contributed by atoms with van der Waals surface area (Å²) in [5.74, 6) is -0.776. The maximum absolute atomic E-state index is 12.8. The van der Waals surface area contributed by atoms with Gasteiger partial charge in [-0.1, -0.05) is 57.5 Å². The van der Waals surface area contributed by atoms with Gasteiger partial charge in [-0.25, -0.2) is 0 Å². The number of amides is 1. The van der Waals surface area contributed by atoms with Gasteiger partial charge in [-0.2, -0.15) is 13.2 Å². The Hall–Kier alpha value is -2.30. The van der Waals surface area contributed by atoms with Crippen molar-refractivity contribution >= 4 is 11.6 Å². The van der Waals surface area contributed by atoms with Crippen LogP contribution < -0.4 is 5.32 Å². The van der Waals surface area contributed by atoms with Gasteiger partial charge in [0.15, 0.2) is 0 Å². The third-order valence-electron chi connectivity index (χ3n) is 2.79. The summed E-state index contributed by atoms with van der Waals surface area (Å²) < 4.78 is 38.5. The summed E-state index contributed by atoms with van der Waals surface area (Å²) in [4.78, 5) is 12.0. The molecule has 2 aromatic carbocycles. The first-order valence-corrected chi connectivity index (χ1v) is 7.92. The smallest absolute Gasteiger partial charge is 0.322 e. The second-order valence-corrected chi connectivity index (χ2v) is 4.36. The molecule has 2 rings (SSSR count). The lowest BCUT2D eigenvalue weighted by Crippen LogP contribution is -2.18. The molecule has 0 heterocycles. The molecule has 1 N–H and O–H groups in total. The number of aryl methyl sites for hydroxylation is 1. The van der Waals surface area contributed by atoms with Crippen LogP contribution in [0.4, 0.5) is 18.9 Å². The first-order valence-electron chi connectivity index (χ1n) is 7.92. The first-order chi connectivity index (χ1) is 11.4. The van der Waals surface area contributed by atoms with Crippen molar-refractivity contribution in [2.45, 2.75) is 40.8 Å². The van der Waals surface area contributed by atoms with Gasteiger partial charge in [0.1, 0.15) is 0 Å². The molecular formula is C19H24F3NO. The zero-order chi connectivity index (χ0) is 18.8. The molecule has 0 aliphatic rings. The van der Waals surface area contributed by atoms with Crippen LogP contribution in [0.5, 0.6) is 0 Å². The summed E-state index contributed by atoms with van der Waals surface area (Å²) in [5.41, 5.74) is 0.126. The zero-order valence-corrected chi connectivity index (χ0v) is 14.7. The number of rotatable bonds is 2. The lowest BCUT2D eigenvalue weighted by molar-refractivity contribution is -0.137. The number of benzene rings is 2. The van der Waals surface area contributed by atoms with Crippen molar-refractivity contribution in [1.29, 1.82) is 0 Å². The van der Waals surface area contributed by atoms with Crippen molar-refractivity contribution in [3.05, 3.63) is 65.2 Å². The van der Waals surface area contributed by atoms with Gasteiger partial charge in [0, 0.05) is 5.69 Å². The molecule has 0 atom stereocenters. The van der Waals surface area contributed by atoms with E-state index in [-0.39, 0.29) is 5.56 Å². The molecule has 0 aromatic heterocycles. The standard InChI is InChI=1S/C15H12F3NO.2C2H6/c1-10-6-8-11(9-7-10)19-14(20)12-4-2-3-5-13(12)15(16,17)18;2*1-2/h2-9H,1H3,(H,19,20);2*1-2H3. The van der Waals surface area contributed by atoms with E-state index in [1.807, 2.05) is 34.6 Å². The number of nitrogens with one attached hydrogen (secondary N) is 1. The van der Waals surface area contributed by atoms with Crippen LogP contribution >= 0.6 is 0 Å². The van der Waals surface area contributed by atoms with Gasteiger partial charge in [-0.15, -0.1) is 0 Å². The van der Waals surface area contributed by atoms with Gasteiger partial charge >= 0.3 is 6.18 Å². The molecule has 0 unspecified atom stereocenters. The van der Waals surface area contributed by atoms with Gasteiger partial charge in [0.25, 0.3) is 5.91 Å². The van der Waals surface area contributed by atoms with Gasteiger partial charge < -0.3 is 5.32 Å². The van der Waals surface area contributed by atoms with Crippen LogP contribution in [0.25, 0.3) is 0 Å². The molecule has 1 amide bonds. The highest BCUT2D eigenvalue weighted by Gasteiger charge is 2.34. The highest BCUT2D eigenvalue weighted by Crippen LogP contribution is 2.32. The number of hydrogen-bond acceptors (Lipinski definition) is 1. The predicted molar refractivity (Wildman–Crippen MR) is 93.3 cm³/mol. The van der Waals surface area contributed by atoms with Crippen molar-refractivity contribution in [3.8, 4) is 0 Å². The van der Waals surface area contributed by atoms with E-state index in [1.165, 1.54) is 12.1 Å². The Kier molecular flexibility index (Phi) is 9.47. The second-order valence-electron chi connectivity index (χ2n) is 4.36. The Balaban J connectivity index is 0.00000123. The van der Waals surface area contributed by atoms with Crippen LogP contribution in [0.15, 0.2) is 48.5 Å². The third-order valence-corrected chi connectivity index (χ3v) is 2.79. The minimum atomic E-state index is -4.55. The molecule has 2 aromatic rings. The van der Waals surface area contributed by atoms with E-state index in [4.69, 9.17) is 0 Å². The Bertz CT molecular complexity index is 619. The van der Waals surface area contributed by atoms with Crippen molar-refractivity contribution in [2.24, 2.45) is 0 Å². The summed E-state index contributed by atoms with van der Waals surface area (Å²) >= 11 is 0. The van der Waals surface area contributed by atoms with Crippen LogP contribution in [-0.2, 0) is 6.18 Å². The van der Waals surface area contributed by atoms with Gasteiger partial charge in [0.2, 0.25) is 0 Å². The quantitative estimate of drug-likeness (QED) is 0.681. The zero-order valence-electron chi connectivity index (χ0n) is 14.7. The average Bonchev–Trinajstić information content (AvgIpc) is 2.60. The van der Waals surface area contributed by atoms with Crippen LogP contribution in [-0.4, -0.2) is 5.91 Å². The summed E-state index contributed by atoms with van der Waals surface area (Å²) in [6.07, 6.45) is -4.55. The summed E-state index contributed by atoms with van der Waals surface area (Å²) in [6.45, 7) is 9.88. The van der Waals surface area contributed by atoms with E-state index in [0.717, 1.165) is 17.7 Å². The molecule has 5 heteroatoms. The highest BCUT2D eigenvalue weighted by atomic mass is 19.4. The second kappa shape index (κ2) is 10.5. The van der Waals surface area contributed by atoms with Crippen LogP contribution in [0, 0.1) is 6.92 Å². The van der Waals surface area contributed by atoms with E-state index < -0.39 is 17.6 Å². The lowest BCUT2D eigenvalue weighted by atomic mass is 10.1. The van der Waals surface area contributed by atoms with Gasteiger partial charge in [-0.3, -0.25) is 4.79 Å². The molecule has 0 bridgehead atoms. The fourth-order valence-corrected chi connectivity index (χ4v) is 1.76. The van der Waals surface area contributed by atoms with Gasteiger partial charge in [0.05, 0.1) is 11.1 Å². The van der Waals surface area contributed by atoms with E-state index in [0.29, 0.717) is 5.69 Å². The predicted octanol–water partition coefficient (Wildman–Crippen LogP) is 6.32. The molecule has 24 heavy (non-hydrogen) atoms. The van der Waals surface area contributed by atoms with Crippen molar-refractivity contribution in [2.75, 3.05) is 5.32 Å². The Morgan fingerprint density at radius 1 is 0.875 bits per heavy atom. The minimum Gasteiger partial charge on any atom is -0.322 e. The van der Waals surface area contributed by atoms with Crippen LogP contribution in [0.3, 0.4) is 0 Å². The molecule has 0 aliphatic heterocycles. The Labute approximate surface area is 141 Å². The molecule has 132 valence electrons. The number of anilines is 1. The highest BCUT2D eigenvalue weighted by molar-refractivity contribution is 6.05. The van der Waals surface area contributed by atoms with E-state index in [2.05, 4.69) is 5.32 Å². The number of carbonyl (C=O) groups is 1. The molecular weight excluding hydrogens is 315 g/mol. The maximum atomic E-state index is 12.8. The fourth-order valence-electron chi connectivity index (χ4n) is 1.76. The molecule has 0 fully saturated rings. The van der Waals surface area contributed by atoms with Crippen molar-refractivity contribution in [1.82, 2.24) is 0 Å². The fraction of sp³-hybridized carbons (Fsp3) is 0.316. The number of carbonyl (C=O) groups excluding carboxylic acids is 1. The van der Waals surface area contributed by atoms with E-state index in [9.17, 15) is 18.0 Å². The monoisotopic (exact) mass is 339 g/mol. The van der Waals surface area contributed by atoms with Crippen LogP contribution in [0.1, 0.15) is 49.2 Å². The number of halogens is 3. The number of hydrogen-bond donors (Lipinski definition) is 1. The van der Waals surface area contributed by atoms with E-state index in [1.54, 1.807) is 24.3 Å². The molecule has 2 nitrogen and oxygen atoms in total. The third kappa shape index (κ3) is 6.44. The van der Waals surface area contributed by atoms with Gasteiger partial charge in [-0.05, 0) is 31.2 Å². The average molecular weight is 339 g/mol. The summed E-state index contributed by atoms with van der Waals surface area (Å²) in [6, 6.07) is 11.5.